The second kappa shape index (κ2) is 5.45. The highest BCUT2D eigenvalue weighted by atomic mass is 32.1. The van der Waals surface area contributed by atoms with Crippen LogP contribution in [0.5, 0.6) is 0 Å². The van der Waals surface area contributed by atoms with E-state index < -0.39 is 5.91 Å². The Morgan fingerprint density at radius 2 is 1.91 bits per heavy atom. The molecule has 3 aromatic rings. The number of hydroxylamine groups is 1. The third kappa shape index (κ3) is 2.42. The average molecular weight is 344 g/mol. The molecule has 7 heteroatoms. The van der Waals surface area contributed by atoms with Crippen LogP contribution in [0.25, 0.3) is 10.1 Å². The van der Waals surface area contributed by atoms with Crippen LogP contribution in [-0.4, -0.2) is 21.9 Å². The third-order valence-electron chi connectivity index (χ3n) is 3.84. The molecular formula is C16H12N2O3S2. The number of thiophene rings is 2. The Labute approximate surface area is 139 Å². The lowest BCUT2D eigenvalue weighted by Gasteiger charge is -2.14. The Bertz CT molecular complexity index is 872. The van der Waals surface area contributed by atoms with Crippen LogP contribution in [0.2, 0.25) is 0 Å². The summed E-state index contributed by atoms with van der Waals surface area (Å²) in [6.07, 6.45) is 0. The molecule has 3 heterocycles. The number of nitrogens with zero attached hydrogens (tertiary/aromatic N) is 1. The van der Waals surface area contributed by atoms with Crippen molar-refractivity contribution in [1.29, 1.82) is 0 Å². The van der Waals surface area contributed by atoms with Crippen LogP contribution < -0.4 is 5.48 Å². The number of rotatable bonds is 2. The van der Waals surface area contributed by atoms with Gasteiger partial charge in [-0.1, -0.05) is 18.2 Å². The summed E-state index contributed by atoms with van der Waals surface area (Å²) >= 11 is 2.81. The Morgan fingerprint density at radius 1 is 1.09 bits per heavy atom. The van der Waals surface area contributed by atoms with Gasteiger partial charge in [0.05, 0.1) is 16.3 Å². The van der Waals surface area contributed by atoms with Crippen molar-refractivity contribution < 1.29 is 14.8 Å². The molecule has 1 aromatic carbocycles. The number of fused-ring (bicyclic) bond motifs is 2. The summed E-state index contributed by atoms with van der Waals surface area (Å²) < 4.78 is 1.10. The van der Waals surface area contributed by atoms with E-state index in [4.69, 9.17) is 5.21 Å². The quantitative estimate of drug-likeness (QED) is 0.554. The van der Waals surface area contributed by atoms with Crippen LogP contribution in [-0.2, 0) is 13.1 Å². The molecule has 23 heavy (non-hydrogen) atoms. The first-order valence-electron chi connectivity index (χ1n) is 6.99. The molecule has 0 saturated carbocycles. The lowest BCUT2D eigenvalue weighted by Crippen LogP contribution is -2.24. The molecule has 2 aromatic heterocycles. The molecule has 5 nitrogen and oxygen atoms in total. The Morgan fingerprint density at radius 3 is 2.65 bits per heavy atom. The largest absolute Gasteiger partial charge is 0.328 e. The number of carbonyl (C=O) groups is 2. The molecule has 0 fully saturated rings. The fraction of sp³-hybridized carbons (Fsp3) is 0.125. The molecule has 2 amide bonds. The smallest absolute Gasteiger partial charge is 0.284 e. The van der Waals surface area contributed by atoms with Crippen molar-refractivity contribution in [3.8, 4) is 0 Å². The molecule has 0 spiro atoms. The van der Waals surface area contributed by atoms with Gasteiger partial charge in [-0.25, -0.2) is 5.48 Å². The van der Waals surface area contributed by atoms with Crippen LogP contribution in [0, 0.1) is 0 Å². The Balaban J connectivity index is 1.56. The molecule has 1 aliphatic rings. The van der Waals surface area contributed by atoms with Crippen LogP contribution in [0.4, 0.5) is 0 Å². The zero-order valence-electron chi connectivity index (χ0n) is 11.9. The van der Waals surface area contributed by atoms with Crippen molar-refractivity contribution in [2.24, 2.45) is 0 Å². The lowest BCUT2D eigenvalue weighted by molar-refractivity contribution is 0.0711. The minimum Gasteiger partial charge on any atom is -0.328 e. The first-order valence-corrected chi connectivity index (χ1v) is 8.63. The minimum atomic E-state index is -0.508. The average Bonchev–Trinajstić information content (AvgIpc) is 3.24. The van der Waals surface area contributed by atoms with Gasteiger partial charge in [0, 0.05) is 16.1 Å². The summed E-state index contributed by atoms with van der Waals surface area (Å²) in [7, 11) is 0. The minimum absolute atomic E-state index is 0.0164. The van der Waals surface area contributed by atoms with Crippen molar-refractivity contribution in [3.05, 3.63) is 56.6 Å². The van der Waals surface area contributed by atoms with E-state index in [1.165, 1.54) is 22.7 Å². The van der Waals surface area contributed by atoms with Crippen LogP contribution in [0.3, 0.4) is 0 Å². The highest BCUT2D eigenvalue weighted by Crippen LogP contribution is 2.33. The van der Waals surface area contributed by atoms with Crippen molar-refractivity contribution in [2.75, 3.05) is 0 Å². The second-order valence-electron chi connectivity index (χ2n) is 5.31. The van der Waals surface area contributed by atoms with Gasteiger partial charge in [0.25, 0.3) is 11.8 Å². The van der Waals surface area contributed by atoms with Crippen LogP contribution in [0.15, 0.2) is 36.4 Å². The standard InChI is InChI=1S/C16H12N2O3S2/c19-15(17-21)12-6-10-7-18(8-14(10)23-12)16(20)13-5-9-3-1-2-4-11(9)22-13/h1-6,21H,7-8H2,(H,17,19). The highest BCUT2D eigenvalue weighted by Gasteiger charge is 2.28. The molecule has 4 rings (SSSR count). The van der Waals surface area contributed by atoms with Gasteiger partial charge in [-0.2, -0.15) is 0 Å². The van der Waals surface area contributed by atoms with Gasteiger partial charge in [0.2, 0.25) is 0 Å². The summed E-state index contributed by atoms with van der Waals surface area (Å²) in [4.78, 5) is 28.1. The third-order valence-corrected chi connectivity index (χ3v) is 6.11. The van der Waals surface area contributed by atoms with Gasteiger partial charge < -0.3 is 4.90 Å². The van der Waals surface area contributed by atoms with E-state index in [0.717, 1.165) is 25.4 Å². The maximum atomic E-state index is 12.7. The van der Waals surface area contributed by atoms with E-state index >= 15 is 0 Å². The monoisotopic (exact) mass is 344 g/mol. The fourth-order valence-electron chi connectivity index (χ4n) is 2.72. The lowest BCUT2D eigenvalue weighted by atomic mass is 10.2. The summed E-state index contributed by atoms with van der Waals surface area (Å²) in [5.74, 6) is -0.491. The number of hydrogen-bond donors (Lipinski definition) is 2. The first-order chi connectivity index (χ1) is 11.2. The number of carbonyl (C=O) groups excluding carboxylic acids is 2. The van der Waals surface area contributed by atoms with Gasteiger partial charge >= 0.3 is 0 Å². The van der Waals surface area contributed by atoms with Crippen molar-refractivity contribution in [3.63, 3.8) is 0 Å². The molecular weight excluding hydrogens is 332 g/mol. The van der Waals surface area contributed by atoms with Gasteiger partial charge in [0.1, 0.15) is 0 Å². The molecule has 0 saturated heterocycles. The SMILES string of the molecule is O=C(NO)c1cc2c(s1)CN(C(=O)c1cc3ccccc3s1)C2. The molecule has 0 atom stereocenters. The van der Waals surface area contributed by atoms with E-state index in [-0.39, 0.29) is 5.91 Å². The van der Waals surface area contributed by atoms with Crippen molar-refractivity contribution in [1.82, 2.24) is 10.4 Å². The Kier molecular flexibility index (Phi) is 3.41. The first kappa shape index (κ1) is 14.4. The molecule has 0 aliphatic carbocycles. The molecule has 116 valence electrons. The van der Waals surface area contributed by atoms with Crippen LogP contribution in [0.1, 0.15) is 29.8 Å². The molecule has 0 unspecified atom stereocenters. The molecule has 0 bridgehead atoms. The maximum absolute atomic E-state index is 12.7. The van der Waals surface area contributed by atoms with Crippen molar-refractivity contribution >= 4 is 44.6 Å². The zero-order chi connectivity index (χ0) is 16.0. The summed E-state index contributed by atoms with van der Waals surface area (Å²) in [5, 5.41) is 9.76. The van der Waals surface area contributed by atoms with Gasteiger partial charge in [-0.05, 0) is 29.1 Å². The van der Waals surface area contributed by atoms with E-state index in [1.807, 2.05) is 30.3 Å². The van der Waals surface area contributed by atoms with Gasteiger partial charge in [-0.3, -0.25) is 14.8 Å². The van der Waals surface area contributed by atoms with E-state index in [9.17, 15) is 9.59 Å². The predicted octanol–water partition coefficient (Wildman–Crippen LogP) is 3.24. The second-order valence-corrected chi connectivity index (χ2v) is 7.53. The highest BCUT2D eigenvalue weighted by molar-refractivity contribution is 7.20. The maximum Gasteiger partial charge on any atom is 0.284 e. The number of amides is 2. The molecule has 2 N–H and O–H groups in total. The summed E-state index contributed by atoms with van der Waals surface area (Å²) in [5.41, 5.74) is 2.61. The zero-order valence-corrected chi connectivity index (χ0v) is 13.5. The van der Waals surface area contributed by atoms with Crippen molar-refractivity contribution in [2.45, 2.75) is 13.1 Å². The van der Waals surface area contributed by atoms with E-state index in [0.29, 0.717) is 18.0 Å². The molecule has 1 aliphatic heterocycles. The van der Waals surface area contributed by atoms with E-state index in [2.05, 4.69) is 0 Å². The number of hydrogen-bond acceptors (Lipinski definition) is 5. The topological polar surface area (TPSA) is 69.6 Å². The Hall–Kier alpha value is -2.22. The number of benzene rings is 1. The summed E-state index contributed by atoms with van der Waals surface area (Å²) in [6, 6.07) is 11.6. The number of nitrogens with one attached hydrogen (secondary N) is 1. The fourth-order valence-corrected chi connectivity index (χ4v) is 4.83. The van der Waals surface area contributed by atoms with E-state index in [1.54, 1.807) is 16.4 Å². The summed E-state index contributed by atoms with van der Waals surface area (Å²) in [6.45, 7) is 1.00. The molecule has 0 radical (unpaired) electrons. The normalized spacial score (nSPS) is 13.3. The van der Waals surface area contributed by atoms with Gasteiger partial charge in [-0.15, -0.1) is 22.7 Å². The van der Waals surface area contributed by atoms with Gasteiger partial charge in [0.15, 0.2) is 0 Å². The van der Waals surface area contributed by atoms with Crippen LogP contribution >= 0.6 is 22.7 Å². The predicted molar refractivity (Wildman–Crippen MR) is 89.0 cm³/mol.